The van der Waals surface area contributed by atoms with Crippen LogP contribution in [0.4, 0.5) is 11.4 Å². The SMILES string of the molecule is CC(=Nc1ccc(-c2ccccc2[N+](=O)[O-])cc1C)c1ccc(-c2ccccc2)cc1. The zero-order valence-electron chi connectivity index (χ0n) is 17.4. The number of para-hydroxylation sites is 1. The number of hydrogen-bond acceptors (Lipinski definition) is 3. The molecule has 0 aromatic heterocycles. The van der Waals surface area contributed by atoms with E-state index in [1.807, 2.05) is 56.3 Å². The molecule has 0 amide bonds. The molecule has 4 rings (SSSR count). The van der Waals surface area contributed by atoms with Gasteiger partial charge in [0.1, 0.15) is 0 Å². The Bertz CT molecular complexity index is 1260. The topological polar surface area (TPSA) is 55.5 Å². The summed E-state index contributed by atoms with van der Waals surface area (Å²) in [6.45, 7) is 3.97. The molecule has 4 aromatic rings. The summed E-state index contributed by atoms with van der Waals surface area (Å²) in [7, 11) is 0. The quantitative estimate of drug-likeness (QED) is 0.197. The van der Waals surface area contributed by atoms with Gasteiger partial charge < -0.3 is 0 Å². The number of benzene rings is 4. The summed E-state index contributed by atoms with van der Waals surface area (Å²) in [4.78, 5) is 15.8. The van der Waals surface area contributed by atoms with E-state index in [9.17, 15) is 10.1 Å². The lowest BCUT2D eigenvalue weighted by Crippen LogP contribution is -1.95. The van der Waals surface area contributed by atoms with E-state index >= 15 is 0 Å². The molecule has 0 unspecified atom stereocenters. The fraction of sp³-hybridized carbons (Fsp3) is 0.0741. The lowest BCUT2D eigenvalue weighted by atomic mass is 10.0. The van der Waals surface area contributed by atoms with Crippen LogP contribution in [-0.2, 0) is 0 Å². The van der Waals surface area contributed by atoms with E-state index in [4.69, 9.17) is 4.99 Å². The van der Waals surface area contributed by atoms with Crippen LogP contribution < -0.4 is 0 Å². The van der Waals surface area contributed by atoms with Crippen LogP contribution in [0.5, 0.6) is 0 Å². The Morgan fingerprint density at radius 1 is 0.774 bits per heavy atom. The summed E-state index contributed by atoms with van der Waals surface area (Å²) in [5, 5.41) is 11.3. The van der Waals surface area contributed by atoms with E-state index < -0.39 is 0 Å². The highest BCUT2D eigenvalue weighted by Crippen LogP contribution is 2.32. The molecule has 0 heterocycles. The average molecular weight is 406 g/mol. The number of nitro groups is 1. The molecule has 0 radical (unpaired) electrons. The fourth-order valence-corrected chi connectivity index (χ4v) is 3.61. The van der Waals surface area contributed by atoms with Crippen molar-refractivity contribution in [1.82, 2.24) is 0 Å². The summed E-state index contributed by atoms with van der Waals surface area (Å²) in [6.07, 6.45) is 0. The van der Waals surface area contributed by atoms with Crippen molar-refractivity contribution in [3.63, 3.8) is 0 Å². The normalized spacial score (nSPS) is 11.4. The summed E-state index contributed by atoms with van der Waals surface area (Å²) in [6, 6.07) is 31.2. The third-order valence-electron chi connectivity index (χ3n) is 5.31. The van der Waals surface area contributed by atoms with Crippen LogP contribution in [0.2, 0.25) is 0 Å². The van der Waals surface area contributed by atoms with E-state index in [1.54, 1.807) is 12.1 Å². The van der Waals surface area contributed by atoms with Gasteiger partial charge >= 0.3 is 0 Å². The summed E-state index contributed by atoms with van der Waals surface area (Å²) < 4.78 is 0. The van der Waals surface area contributed by atoms with Gasteiger partial charge in [0, 0.05) is 11.8 Å². The fourth-order valence-electron chi connectivity index (χ4n) is 3.61. The minimum atomic E-state index is -0.347. The number of aryl methyl sites for hydroxylation is 1. The molecule has 31 heavy (non-hydrogen) atoms. The molecule has 0 N–H and O–H groups in total. The summed E-state index contributed by atoms with van der Waals surface area (Å²) >= 11 is 0. The van der Waals surface area contributed by atoms with Gasteiger partial charge in [0.15, 0.2) is 0 Å². The number of nitrogens with zero attached hydrogens (tertiary/aromatic N) is 2. The monoisotopic (exact) mass is 406 g/mol. The molecule has 0 bridgehead atoms. The first kappa shape index (κ1) is 20.2. The second-order valence-electron chi connectivity index (χ2n) is 7.42. The van der Waals surface area contributed by atoms with Crippen molar-refractivity contribution in [3.05, 3.63) is 118 Å². The maximum atomic E-state index is 11.3. The van der Waals surface area contributed by atoms with Crippen molar-refractivity contribution < 1.29 is 4.92 Å². The zero-order chi connectivity index (χ0) is 21.8. The Morgan fingerprint density at radius 2 is 1.39 bits per heavy atom. The standard InChI is InChI=1S/C27H22N2O2/c1-19-18-24(25-10-6-7-11-27(25)29(30)31)16-17-26(19)28-20(2)21-12-14-23(15-13-21)22-8-4-3-5-9-22/h3-18H,1-2H3. The second kappa shape index (κ2) is 8.76. The molecular weight excluding hydrogens is 384 g/mol. The van der Waals surface area contributed by atoms with Crippen LogP contribution in [-0.4, -0.2) is 10.6 Å². The average Bonchev–Trinajstić information content (AvgIpc) is 2.81. The van der Waals surface area contributed by atoms with Gasteiger partial charge in [-0.05, 0) is 59.9 Å². The van der Waals surface area contributed by atoms with Gasteiger partial charge in [0.2, 0.25) is 0 Å². The van der Waals surface area contributed by atoms with Crippen LogP contribution in [0.15, 0.2) is 102 Å². The van der Waals surface area contributed by atoms with Crippen LogP contribution >= 0.6 is 0 Å². The largest absolute Gasteiger partial charge is 0.277 e. The Kier molecular flexibility index (Phi) is 5.72. The molecule has 0 atom stereocenters. The van der Waals surface area contributed by atoms with Crippen LogP contribution in [0.1, 0.15) is 18.1 Å². The van der Waals surface area contributed by atoms with Crippen LogP contribution in [0.25, 0.3) is 22.3 Å². The lowest BCUT2D eigenvalue weighted by Gasteiger charge is -2.08. The first-order valence-electron chi connectivity index (χ1n) is 10.1. The van der Waals surface area contributed by atoms with Crippen molar-refractivity contribution in [2.24, 2.45) is 4.99 Å². The van der Waals surface area contributed by atoms with Crippen molar-refractivity contribution in [2.45, 2.75) is 13.8 Å². The predicted molar refractivity (Wildman–Crippen MR) is 127 cm³/mol. The third kappa shape index (κ3) is 4.43. The molecule has 0 aliphatic rings. The second-order valence-corrected chi connectivity index (χ2v) is 7.42. The molecule has 152 valence electrons. The van der Waals surface area contributed by atoms with Gasteiger partial charge in [-0.15, -0.1) is 0 Å². The molecule has 0 saturated heterocycles. The maximum Gasteiger partial charge on any atom is 0.277 e. The van der Waals surface area contributed by atoms with Crippen molar-refractivity contribution >= 4 is 17.1 Å². The van der Waals surface area contributed by atoms with Gasteiger partial charge in [-0.3, -0.25) is 15.1 Å². The highest BCUT2D eigenvalue weighted by molar-refractivity contribution is 6.00. The molecule has 4 nitrogen and oxygen atoms in total. The van der Waals surface area contributed by atoms with Gasteiger partial charge in [-0.25, -0.2) is 0 Å². The summed E-state index contributed by atoms with van der Waals surface area (Å²) in [5.41, 5.74) is 7.68. The maximum absolute atomic E-state index is 11.3. The molecule has 4 aromatic carbocycles. The van der Waals surface area contributed by atoms with E-state index in [2.05, 4.69) is 36.4 Å². The van der Waals surface area contributed by atoms with Gasteiger partial charge in [-0.2, -0.15) is 0 Å². The Labute approximate surface area is 181 Å². The number of rotatable bonds is 5. The summed E-state index contributed by atoms with van der Waals surface area (Å²) in [5.74, 6) is 0. The Morgan fingerprint density at radius 3 is 2.06 bits per heavy atom. The van der Waals surface area contributed by atoms with Crippen molar-refractivity contribution in [2.75, 3.05) is 0 Å². The van der Waals surface area contributed by atoms with Crippen LogP contribution in [0, 0.1) is 17.0 Å². The lowest BCUT2D eigenvalue weighted by molar-refractivity contribution is -0.384. The number of aliphatic imine (C=N–C) groups is 1. The Hall–Kier alpha value is -4.05. The first-order chi connectivity index (χ1) is 15.0. The molecule has 0 aliphatic heterocycles. The molecule has 0 spiro atoms. The third-order valence-corrected chi connectivity index (χ3v) is 5.31. The molecule has 0 aliphatic carbocycles. The molecule has 0 fully saturated rings. The van der Waals surface area contributed by atoms with E-state index in [-0.39, 0.29) is 10.6 Å². The molecule has 4 heteroatoms. The zero-order valence-corrected chi connectivity index (χ0v) is 17.4. The smallest absolute Gasteiger partial charge is 0.258 e. The minimum Gasteiger partial charge on any atom is -0.258 e. The predicted octanol–water partition coefficient (Wildman–Crippen LogP) is 7.38. The highest BCUT2D eigenvalue weighted by Gasteiger charge is 2.14. The Balaban J connectivity index is 1.61. The van der Waals surface area contributed by atoms with E-state index in [0.29, 0.717) is 5.56 Å². The van der Waals surface area contributed by atoms with Crippen LogP contribution in [0.3, 0.4) is 0 Å². The number of hydrogen-bond donors (Lipinski definition) is 0. The molecule has 0 saturated carbocycles. The number of nitro benzene ring substituents is 1. The first-order valence-corrected chi connectivity index (χ1v) is 10.1. The highest BCUT2D eigenvalue weighted by atomic mass is 16.6. The molecular formula is C27H22N2O2. The van der Waals surface area contributed by atoms with Gasteiger partial charge in [0.05, 0.1) is 16.2 Å². The van der Waals surface area contributed by atoms with Crippen molar-refractivity contribution in [3.8, 4) is 22.3 Å². The van der Waals surface area contributed by atoms with Gasteiger partial charge in [0.25, 0.3) is 5.69 Å². The van der Waals surface area contributed by atoms with E-state index in [0.717, 1.165) is 28.1 Å². The minimum absolute atomic E-state index is 0.104. The van der Waals surface area contributed by atoms with E-state index in [1.165, 1.54) is 17.2 Å². The van der Waals surface area contributed by atoms with Gasteiger partial charge in [-0.1, -0.05) is 72.8 Å². The van der Waals surface area contributed by atoms with Crippen molar-refractivity contribution in [1.29, 1.82) is 0 Å².